The number of carbonyl (C=O) groups excluding carboxylic acids is 1. The first kappa shape index (κ1) is 14.6. The number of hydrogen-bond acceptors (Lipinski definition) is 1. The third-order valence-electron chi connectivity index (χ3n) is 5.21. The van der Waals surface area contributed by atoms with Crippen LogP contribution in [0.4, 0.5) is 0 Å². The number of carbonyl (C=O) groups is 1. The van der Waals surface area contributed by atoms with Crippen molar-refractivity contribution in [1.29, 1.82) is 0 Å². The van der Waals surface area contributed by atoms with E-state index in [1.165, 1.54) is 49.7 Å². The molecule has 1 saturated carbocycles. The van der Waals surface area contributed by atoms with E-state index in [4.69, 9.17) is 0 Å². The zero-order chi connectivity index (χ0) is 14.5. The number of nitrogens with zero attached hydrogens (tertiary/aromatic N) is 1. The molecule has 1 fully saturated rings. The highest BCUT2D eigenvalue weighted by atomic mass is 16.2. The molecule has 0 bridgehead atoms. The zero-order valence-electron chi connectivity index (χ0n) is 13.0. The highest BCUT2D eigenvalue weighted by molar-refractivity contribution is 5.76. The fraction of sp³-hybridized carbons (Fsp3) is 0.632. The minimum absolute atomic E-state index is 0.361. The van der Waals surface area contributed by atoms with Gasteiger partial charge in [-0.25, -0.2) is 0 Å². The van der Waals surface area contributed by atoms with Crippen molar-refractivity contribution in [2.45, 2.75) is 64.3 Å². The lowest BCUT2D eigenvalue weighted by Gasteiger charge is -2.29. The first-order valence-electron chi connectivity index (χ1n) is 8.67. The van der Waals surface area contributed by atoms with Crippen LogP contribution in [0.25, 0.3) is 0 Å². The number of amides is 1. The minimum Gasteiger partial charge on any atom is -0.338 e. The Morgan fingerprint density at radius 1 is 1.10 bits per heavy atom. The molecule has 1 aliphatic carbocycles. The molecule has 2 nitrogen and oxygen atoms in total. The first-order valence-corrected chi connectivity index (χ1v) is 8.67. The maximum atomic E-state index is 12.4. The molecule has 2 heteroatoms. The molecule has 3 rings (SSSR count). The molecule has 1 aromatic rings. The molecular formula is C19H27NO. The van der Waals surface area contributed by atoms with Crippen molar-refractivity contribution in [3.05, 3.63) is 35.4 Å². The molecule has 2 aliphatic rings. The predicted molar refractivity (Wildman–Crippen MR) is 86.0 cm³/mol. The molecule has 0 aromatic heterocycles. The summed E-state index contributed by atoms with van der Waals surface area (Å²) in [6.45, 7) is 1.72. The Balaban J connectivity index is 1.44. The Labute approximate surface area is 128 Å². The van der Waals surface area contributed by atoms with Gasteiger partial charge in [0.15, 0.2) is 0 Å². The first-order chi connectivity index (χ1) is 10.3. The van der Waals surface area contributed by atoms with Gasteiger partial charge in [0, 0.05) is 19.5 Å². The van der Waals surface area contributed by atoms with Crippen LogP contribution in [0.3, 0.4) is 0 Å². The summed E-state index contributed by atoms with van der Waals surface area (Å²) in [6.07, 6.45) is 11.1. The summed E-state index contributed by atoms with van der Waals surface area (Å²) in [6, 6.07) is 8.54. The fourth-order valence-corrected chi connectivity index (χ4v) is 3.88. The van der Waals surface area contributed by atoms with Gasteiger partial charge in [-0.2, -0.15) is 0 Å². The van der Waals surface area contributed by atoms with Crippen molar-refractivity contribution in [3.63, 3.8) is 0 Å². The summed E-state index contributed by atoms with van der Waals surface area (Å²) in [5.41, 5.74) is 2.76. The van der Waals surface area contributed by atoms with Gasteiger partial charge < -0.3 is 4.90 Å². The Hall–Kier alpha value is -1.31. The maximum Gasteiger partial charge on any atom is 0.222 e. The molecule has 0 N–H and O–H groups in total. The highest BCUT2D eigenvalue weighted by Gasteiger charge is 2.20. The van der Waals surface area contributed by atoms with E-state index >= 15 is 0 Å². The van der Waals surface area contributed by atoms with E-state index in [1.807, 2.05) is 0 Å². The van der Waals surface area contributed by atoms with Gasteiger partial charge in [0.1, 0.15) is 0 Å². The van der Waals surface area contributed by atoms with E-state index in [9.17, 15) is 4.79 Å². The molecule has 114 valence electrons. The van der Waals surface area contributed by atoms with Crippen LogP contribution in [0, 0.1) is 5.92 Å². The average molecular weight is 285 g/mol. The summed E-state index contributed by atoms with van der Waals surface area (Å²) in [5, 5.41) is 0. The molecule has 1 amide bonds. The van der Waals surface area contributed by atoms with E-state index in [0.29, 0.717) is 5.91 Å². The molecule has 0 saturated heterocycles. The molecular weight excluding hydrogens is 258 g/mol. The number of benzene rings is 1. The smallest absolute Gasteiger partial charge is 0.222 e. The van der Waals surface area contributed by atoms with Crippen molar-refractivity contribution in [3.8, 4) is 0 Å². The maximum absolute atomic E-state index is 12.4. The van der Waals surface area contributed by atoms with Crippen LogP contribution in [0.5, 0.6) is 0 Å². The third-order valence-corrected chi connectivity index (χ3v) is 5.21. The lowest BCUT2D eigenvalue weighted by atomic mass is 9.86. The van der Waals surface area contributed by atoms with Gasteiger partial charge >= 0.3 is 0 Å². The van der Waals surface area contributed by atoms with Gasteiger partial charge in [0.05, 0.1) is 0 Å². The van der Waals surface area contributed by atoms with Gasteiger partial charge in [-0.15, -0.1) is 0 Å². The Bertz CT molecular complexity index is 476. The Kier molecular flexibility index (Phi) is 4.95. The van der Waals surface area contributed by atoms with Gasteiger partial charge in [0.2, 0.25) is 5.91 Å². The molecule has 1 heterocycles. The SMILES string of the molecule is O=C(CCCC1CCCCC1)N1CCc2ccccc2C1. The number of hydrogen-bond donors (Lipinski definition) is 0. The summed E-state index contributed by atoms with van der Waals surface area (Å²) in [7, 11) is 0. The normalized spacial score (nSPS) is 19.3. The van der Waals surface area contributed by atoms with Crippen molar-refractivity contribution >= 4 is 5.91 Å². The second-order valence-corrected chi connectivity index (χ2v) is 6.73. The summed E-state index contributed by atoms with van der Waals surface area (Å²) in [4.78, 5) is 14.4. The predicted octanol–water partition coefficient (Wildman–Crippen LogP) is 4.32. The second kappa shape index (κ2) is 7.11. The van der Waals surface area contributed by atoms with E-state index in [1.54, 1.807) is 0 Å². The van der Waals surface area contributed by atoms with Crippen LogP contribution in [0.2, 0.25) is 0 Å². The zero-order valence-corrected chi connectivity index (χ0v) is 13.0. The number of fused-ring (bicyclic) bond motifs is 1. The van der Waals surface area contributed by atoms with Crippen LogP contribution in [0.1, 0.15) is 62.5 Å². The molecule has 1 aliphatic heterocycles. The van der Waals surface area contributed by atoms with E-state index in [-0.39, 0.29) is 0 Å². The molecule has 0 radical (unpaired) electrons. The van der Waals surface area contributed by atoms with E-state index in [0.717, 1.165) is 38.3 Å². The van der Waals surface area contributed by atoms with E-state index in [2.05, 4.69) is 29.2 Å². The van der Waals surface area contributed by atoms with E-state index < -0.39 is 0 Å². The molecule has 0 spiro atoms. The van der Waals surface area contributed by atoms with Crippen molar-refractivity contribution in [1.82, 2.24) is 4.90 Å². The van der Waals surface area contributed by atoms with Crippen molar-refractivity contribution in [2.75, 3.05) is 6.54 Å². The minimum atomic E-state index is 0.361. The summed E-state index contributed by atoms with van der Waals surface area (Å²) in [5.74, 6) is 1.26. The van der Waals surface area contributed by atoms with Crippen LogP contribution < -0.4 is 0 Å². The number of rotatable bonds is 4. The second-order valence-electron chi connectivity index (χ2n) is 6.73. The van der Waals surface area contributed by atoms with Crippen LogP contribution in [0.15, 0.2) is 24.3 Å². The lowest BCUT2D eigenvalue weighted by molar-refractivity contribution is -0.132. The van der Waals surface area contributed by atoms with Gasteiger partial charge in [0.25, 0.3) is 0 Å². The van der Waals surface area contributed by atoms with Crippen LogP contribution >= 0.6 is 0 Å². The van der Waals surface area contributed by atoms with Crippen LogP contribution in [-0.4, -0.2) is 17.4 Å². The quantitative estimate of drug-likeness (QED) is 0.806. The van der Waals surface area contributed by atoms with Gasteiger partial charge in [-0.3, -0.25) is 4.79 Å². The molecule has 1 aromatic carbocycles. The van der Waals surface area contributed by atoms with Crippen molar-refractivity contribution < 1.29 is 4.79 Å². The third kappa shape index (κ3) is 3.87. The van der Waals surface area contributed by atoms with Crippen molar-refractivity contribution in [2.24, 2.45) is 5.92 Å². The monoisotopic (exact) mass is 285 g/mol. The highest BCUT2D eigenvalue weighted by Crippen LogP contribution is 2.28. The Morgan fingerprint density at radius 2 is 1.86 bits per heavy atom. The molecule has 21 heavy (non-hydrogen) atoms. The summed E-state index contributed by atoms with van der Waals surface area (Å²) >= 11 is 0. The van der Waals surface area contributed by atoms with Gasteiger partial charge in [-0.05, 0) is 36.3 Å². The van der Waals surface area contributed by atoms with Crippen LogP contribution in [-0.2, 0) is 17.8 Å². The van der Waals surface area contributed by atoms with Gasteiger partial charge in [-0.1, -0.05) is 56.4 Å². The largest absolute Gasteiger partial charge is 0.338 e. The standard InChI is InChI=1S/C19H27NO/c21-19(12-6-9-16-7-2-1-3-8-16)20-14-13-17-10-4-5-11-18(17)15-20/h4-5,10-11,16H,1-3,6-9,12-15H2. The Morgan fingerprint density at radius 3 is 2.67 bits per heavy atom. The lowest BCUT2D eigenvalue weighted by Crippen LogP contribution is -2.35. The molecule has 0 unspecified atom stereocenters. The summed E-state index contributed by atoms with van der Waals surface area (Å²) < 4.78 is 0. The average Bonchev–Trinajstić information content (AvgIpc) is 2.55. The fourth-order valence-electron chi connectivity index (χ4n) is 3.88. The molecule has 0 atom stereocenters. The topological polar surface area (TPSA) is 20.3 Å².